The fourth-order valence-corrected chi connectivity index (χ4v) is 3.55. The topological polar surface area (TPSA) is 78.4 Å². The van der Waals surface area contributed by atoms with Crippen molar-refractivity contribution in [2.75, 3.05) is 13.1 Å². The third kappa shape index (κ3) is 4.47. The summed E-state index contributed by atoms with van der Waals surface area (Å²) in [5.74, 6) is -0.696. The van der Waals surface area contributed by atoms with E-state index in [1.54, 1.807) is 0 Å². The molecule has 20 heavy (non-hydrogen) atoms. The van der Waals surface area contributed by atoms with Crippen LogP contribution >= 0.6 is 0 Å². The van der Waals surface area contributed by atoms with Gasteiger partial charge in [-0.1, -0.05) is 19.3 Å². The largest absolute Gasteiger partial charge is 0.481 e. The van der Waals surface area contributed by atoms with Crippen LogP contribution in [0.5, 0.6) is 0 Å². The van der Waals surface area contributed by atoms with Crippen molar-refractivity contribution in [3.63, 3.8) is 0 Å². The Hall–Kier alpha value is -1.10. The highest BCUT2D eigenvalue weighted by atomic mass is 16.4. The standard InChI is InChI=1S/C15H26N2O3/c18-13(9-12-5-4-8-16-12)17-11-15(10-14(19)20)6-2-1-3-7-15/h12,16H,1-11H2,(H,17,18)(H,19,20). The Kier molecular flexibility index (Phi) is 5.40. The van der Waals surface area contributed by atoms with E-state index in [2.05, 4.69) is 10.6 Å². The Morgan fingerprint density at radius 3 is 2.55 bits per heavy atom. The van der Waals surface area contributed by atoms with Gasteiger partial charge in [0.1, 0.15) is 0 Å². The van der Waals surface area contributed by atoms with Crippen LogP contribution in [0.2, 0.25) is 0 Å². The molecule has 1 aliphatic heterocycles. The Bertz CT molecular complexity index is 345. The first-order valence-electron chi connectivity index (χ1n) is 7.82. The third-order valence-electron chi connectivity index (χ3n) is 4.70. The molecule has 5 nitrogen and oxygen atoms in total. The zero-order valence-electron chi connectivity index (χ0n) is 12.1. The summed E-state index contributed by atoms with van der Waals surface area (Å²) in [6.07, 6.45) is 8.07. The number of carboxylic acid groups (broad SMARTS) is 1. The number of aliphatic carboxylic acids is 1. The monoisotopic (exact) mass is 282 g/mol. The molecule has 5 heteroatoms. The summed E-state index contributed by atoms with van der Waals surface area (Å²) in [6, 6.07) is 0.303. The average molecular weight is 282 g/mol. The number of carbonyl (C=O) groups excluding carboxylic acids is 1. The van der Waals surface area contributed by atoms with Gasteiger partial charge in [0.25, 0.3) is 0 Å². The Labute approximate surface area is 120 Å². The number of hydrogen-bond donors (Lipinski definition) is 3. The summed E-state index contributed by atoms with van der Waals surface area (Å²) in [6.45, 7) is 1.52. The van der Waals surface area contributed by atoms with E-state index in [0.717, 1.165) is 45.1 Å². The van der Waals surface area contributed by atoms with E-state index < -0.39 is 5.97 Å². The molecule has 2 rings (SSSR count). The summed E-state index contributed by atoms with van der Waals surface area (Å²) >= 11 is 0. The lowest BCUT2D eigenvalue weighted by atomic mass is 9.71. The molecule has 0 radical (unpaired) electrons. The molecule has 1 saturated carbocycles. The second-order valence-corrected chi connectivity index (χ2v) is 6.41. The molecule has 1 unspecified atom stereocenters. The van der Waals surface area contributed by atoms with Gasteiger partial charge < -0.3 is 15.7 Å². The van der Waals surface area contributed by atoms with Crippen LogP contribution in [0, 0.1) is 5.41 Å². The highest BCUT2D eigenvalue weighted by Gasteiger charge is 2.34. The third-order valence-corrected chi connectivity index (χ3v) is 4.70. The van der Waals surface area contributed by atoms with Crippen LogP contribution in [0.4, 0.5) is 0 Å². The number of hydrogen-bond acceptors (Lipinski definition) is 3. The molecule has 114 valence electrons. The van der Waals surface area contributed by atoms with Crippen molar-refractivity contribution >= 4 is 11.9 Å². The predicted octanol–water partition coefficient (Wildman–Crippen LogP) is 1.67. The minimum absolute atomic E-state index is 0.0553. The molecule has 1 saturated heterocycles. The van der Waals surface area contributed by atoms with Crippen molar-refractivity contribution in [1.82, 2.24) is 10.6 Å². The Morgan fingerprint density at radius 1 is 1.20 bits per heavy atom. The van der Waals surface area contributed by atoms with Gasteiger partial charge in [0.2, 0.25) is 5.91 Å². The van der Waals surface area contributed by atoms with Crippen molar-refractivity contribution < 1.29 is 14.7 Å². The predicted molar refractivity (Wildman–Crippen MR) is 76.4 cm³/mol. The van der Waals surface area contributed by atoms with Gasteiger partial charge in [0.05, 0.1) is 6.42 Å². The van der Waals surface area contributed by atoms with Crippen LogP contribution in [-0.4, -0.2) is 36.1 Å². The summed E-state index contributed by atoms with van der Waals surface area (Å²) in [5.41, 5.74) is -0.219. The van der Waals surface area contributed by atoms with Crippen LogP contribution in [0.1, 0.15) is 57.8 Å². The van der Waals surface area contributed by atoms with E-state index >= 15 is 0 Å². The molecule has 0 aromatic rings. The highest BCUT2D eigenvalue weighted by molar-refractivity contribution is 5.76. The molecule has 2 fully saturated rings. The average Bonchev–Trinajstić information content (AvgIpc) is 2.90. The van der Waals surface area contributed by atoms with Gasteiger partial charge >= 0.3 is 5.97 Å². The van der Waals surface area contributed by atoms with Gasteiger partial charge in [-0.25, -0.2) is 0 Å². The maximum absolute atomic E-state index is 12.0. The lowest BCUT2D eigenvalue weighted by molar-refractivity contribution is -0.140. The fourth-order valence-electron chi connectivity index (χ4n) is 3.55. The van der Waals surface area contributed by atoms with E-state index in [9.17, 15) is 9.59 Å². The van der Waals surface area contributed by atoms with Crippen LogP contribution < -0.4 is 10.6 Å². The molecule has 0 bridgehead atoms. The molecular weight excluding hydrogens is 256 g/mol. The second-order valence-electron chi connectivity index (χ2n) is 6.41. The van der Waals surface area contributed by atoms with Crippen molar-refractivity contribution in [2.45, 2.75) is 63.8 Å². The first-order chi connectivity index (χ1) is 9.60. The summed E-state index contributed by atoms with van der Waals surface area (Å²) in [4.78, 5) is 23.0. The normalized spacial score (nSPS) is 25.3. The molecule has 2 aliphatic rings. The number of carboxylic acids is 1. The molecule has 0 spiro atoms. The van der Waals surface area contributed by atoms with Crippen LogP contribution in [0.25, 0.3) is 0 Å². The summed E-state index contributed by atoms with van der Waals surface area (Å²) < 4.78 is 0. The number of carbonyl (C=O) groups is 2. The fraction of sp³-hybridized carbons (Fsp3) is 0.867. The first-order valence-corrected chi connectivity index (χ1v) is 7.82. The van der Waals surface area contributed by atoms with Crippen LogP contribution in [-0.2, 0) is 9.59 Å². The number of nitrogens with one attached hydrogen (secondary N) is 2. The maximum atomic E-state index is 12.0. The molecule has 1 aliphatic carbocycles. The van der Waals surface area contributed by atoms with Gasteiger partial charge in [-0.2, -0.15) is 0 Å². The Morgan fingerprint density at radius 2 is 1.95 bits per heavy atom. The van der Waals surface area contributed by atoms with E-state index in [0.29, 0.717) is 19.0 Å². The molecule has 3 N–H and O–H groups in total. The maximum Gasteiger partial charge on any atom is 0.303 e. The van der Waals surface area contributed by atoms with Gasteiger partial charge in [-0.05, 0) is 37.6 Å². The van der Waals surface area contributed by atoms with Crippen molar-refractivity contribution in [3.8, 4) is 0 Å². The lowest BCUT2D eigenvalue weighted by Gasteiger charge is -2.36. The van der Waals surface area contributed by atoms with Gasteiger partial charge in [0.15, 0.2) is 0 Å². The SMILES string of the molecule is O=C(O)CC1(CNC(=O)CC2CCCN2)CCCCC1. The second kappa shape index (κ2) is 7.07. The first kappa shape index (κ1) is 15.3. The highest BCUT2D eigenvalue weighted by Crippen LogP contribution is 2.38. The van der Waals surface area contributed by atoms with Gasteiger partial charge in [0, 0.05) is 19.0 Å². The molecular formula is C15H26N2O3. The van der Waals surface area contributed by atoms with Crippen molar-refractivity contribution in [3.05, 3.63) is 0 Å². The van der Waals surface area contributed by atoms with Crippen LogP contribution in [0.15, 0.2) is 0 Å². The van der Waals surface area contributed by atoms with Crippen LogP contribution in [0.3, 0.4) is 0 Å². The zero-order valence-corrected chi connectivity index (χ0v) is 12.1. The Balaban J connectivity index is 1.81. The van der Waals surface area contributed by atoms with E-state index in [4.69, 9.17) is 5.11 Å². The van der Waals surface area contributed by atoms with E-state index in [1.807, 2.05) is 0 Å². The minimum Gasteiger partial charge on any atom is -0.481 e. The number of amides is 1. The smallest absolute Gasteiger partial charge is 0.303 e. The molecule has 1 atom stereocenters. The lowest BCUT2D eigenvalue weighted by Crippen LogP contribution is -2.41. The molecule has 0 aromatic heterocycles. The van der Waals surface area contributed by atoms with Crippen molar-refractivity contribution in [1.29, 1.82) is 0 Å². The molecule has 1 heterocycles. The summed E-state index contributed by atoms with van der Waals surface area (Å²) in [5, 5.41) is 15.4. The molecule has 1 amide bonds. The van der Waals surface area contributed by atoms with Crippen molar-refractivity contribution in [2.24, 2.45) is 5.41 Å². The van der Waals surface area contributed by atoms with Gasteiger partial charge in [-0.3, -0.25) is 9.59 Å². The quantitative estimate of drug-likeness (QED) is 0.692. The minimum atomic E-state index is -0.751. The summed E-state index contributed by atoms with van der Waals surface area (Å²) in [7, 11) is 0. The van der Waals surface area contributed by atoms with E-state index in [-0.39, 0.29) is 17.7 Å². The number of rotatable bonds is 6. The molecule has 0 aromatic carbocycles. The van der Waals surface area contributed by atoms with Gasteiger partial charge in [-0.15, -0.1) is 0 Å². The van der Waals surface area contributed by atoms with E-state index in [1.165, 1.54) is 6.42 Å². The zero-order chi connectivity index (χ0) is 14.4.